The minimum absolute atomic E-state index is 0.213. The van der Waals surface area contributed by atoms with E-state index in [0.717, 1.165) is 16.9 Å². The Morgan fingerprint density at radius 3 is 2.37 bits per heavy atom. The number of alkyl halides is 1. The third-order valence-electron chi connectivity index (χ3n) is 5.02. The summed E-state index contributed by atoms with van der Waals surface area (Å²) < 4.78 is 23.4. The molecule has 156 valence electrons. The minimum atomic E-state index is -0.950. The Labute approximate surface area is 189 Å². The van der Waals surface area contributed by atoms with Gasteiger partial charge in [-0.3, -0.25) is 0 Å². The van der Waals surface area contributed by atoms with Gasteiger partial charge in [-0.25, -0.2) is 0 Å². The maximum absolute atomic E-state index is 6.45. The molecule has 1 aliphatic heterocycles. The predicted molar refractivity (Wildman–Crippen MR) is 122 cm³/mol. The molecule has 1 aliphatic rings. The molecule has 3 aromatic carbocycles. The van der Waals surface area contributed by atoms with Crippen molar-refractivity contribution in [3.8, 4) is 22.6 Å². The summed E-state index contributed by atoms with van der Waals surface area (Å²) in [6, 6.07) is 23.8. The van der Waals surface area contributed by atoms with Gasteiger partial charge in [0.2, 0.25) is 5.79 Å². The SMILES string of the molecule is COc1ccc(C2(CBr)OCC(COc3ccc(-c4ccccc4)cc3)O2)c(Cl)c1. The Morgan fingerprint density at radius 1 is 1.00 bits per heavy atom. The van der Waals surface area contributed by atoms with Gasteiger partial charge in [-0.2, -0.15) is 0 Å². The molecule has 0 saturated carbocycles. The van der Waals surface area contributed by atoms with Crippen LogP contribution in [-0.4, -0.2) is 31.8 Å². The van der Waals surface area contributed by atoms with E-state index >= 15 is 0 Å². The average molecular weight is 490 g/mol. The van der Waals surface area contributed by atoms with Crippen LogP contribution in [0.25, 0.3) is 11.1 Å². The topological polar surface area (TPSA) is 36.9 Å². The Bertz CT molecular complexity index is 980. The molecule has 0 aliphatic carbocycles. The van der Waals surface area contributed by atoms with Crippen molar-refractivity contribution in [2.24, 2.45) is 0 Å². The Hall–Kier alpha value is -2.05. The molecule has 0 amide bonds. The van der Waals surface area contributed by atoms with E-state index in [1.54, 1.807) is 13.2 Å². The van der Waals surface area contributed by atoms with Gasteiger partial charge in [0.1, 0.15) is 24.2 Å². The monoisotopic (exact) mass is 488 g/mol. The molecule has 1 saturated heterocycles. The van der Waals surface area contributed by atoms with Crippen molar-refractivity contribution in [3.05, 3.63) is 83.4 Å². The zero-order valence-corrected chi connectivity index (χ0v) is 18.9. The fourth-order valence-corrected chi connectivity index (χ4v) is 4.34. The summed E-state index contributed by atoms with van der Waals surface area (Å²) in [6.07, 6.45) is -0.213. The van der Waals surface area contributed by atoms with E-state index in [0.29, 0.717) is 29.3 Å². The van der Waals surface area contributed by atoms with E-state index in [2.05, 4.69) is 40.2 Å². The third-order valence-corrected chi connectivity index (χ3v) is 6.07. The summed E-state index contributed by atoms with van der Waals surface area (Å²) in [5, 5.41) is 0.987. The molecular formula is C24H22BrClO4. The summed E-state index contributed by atoms with van der Waals surface area (Å²) in [5.41, 5.74) is 3.09. The first-order valence-electron chi connectivity index (χ1n) is 9.63. The van der Waals surface area contributed by atoms with Crippen LogP contribution >= 0.6 is 27.5 Å². The maximum atomic E-state index is 6.45. The zero-order valence-electron chi connectivity index (χ0n) is 16.5. The van der Waals surface area contributed by atoms with Gasteiger partial charge in [-0.15, -0.1) is 0 Å². The lowest BCUT2D eigenvalue weighted by atomic mass is 10.1. The lowest BCUT2D eigenvalue weighted by Crippen LogP contribution is -2.31. The van der Waals surface area contributed by atoms with Crippen LogP contribution in [0.15, 0.2) is 72.8 Å². The van der Waals surface area contributed by atoms with E-state index in [1.165, 1.54) is 5.56 Å². The Balaban J connectivity index is 1.40. The second-order valence-corrected chi connectivity index (χ2v) is 7.95. The molecule has 0 spiro atoms. The summed E-state index contributed by atoms with van der Waals surface area (Å²) in [7, 11) is 1.61. The van der Waals surface area contributed by atoms with Crippen molar-refractivity contribution >= 4 is 27.5 Å². The van der Waals surface area contributed by atoms with Crippen molar-refractivity contribution in [2.45, 2.75) is 11.9 Å². The molecule has 0 aromatic heterocycles. The number of benzene rings is 3. The van der Waals surface area contributed by atoms with Gasteiger partial charge >= 0.3 is 0 Å². The maximum Gasteiger partial charge on any atom is 0.206 e. The van der Waals surface area contributed by atoms with E-state index in [4.69, 9.17) is 30.5 Å². The lowest BCUT2D eigenvalue weighted by Gasteiger charge is -2.27. The number of hydrogen-bond donors (Lipinski definition) is 0. The normalized spacial score (nSPS) is 20.8. The molecular weight excluding hydrogens is 468 g/mol. The van der Waals surface area contributed by atoms with Gasteiger partial charge in [-0.05, 0) is 41.5 Å². The summed E-state index contributed by atoms with van der Waals surface area (Å²) in [4.78, 5) is 0. The molecule has 0 bridgehead atoms. The summed E-state index contributed by atoms with van der Waals surface area (Å²) >= 11 is 9.96. The average Bonchev–Trinajstić information content (AvgIpc) is 3.23. The van der Waals surface area contributed by atoms with Crippen molar-refractivity contribution in [2.75, 3.05) is 25.7 Å². The van der Waals surface area contributed by atoms with E-state index in [1.807, 2.05) is 42.5 Å². The highest BCUT2D eigenvalue weighted by molar-refractivity contribution is 9.09. The van der Waals surface area contributed by atoms with Crippen LogP contribution in [0.5, 0.6) is 11.5 Å². The van der Waals surface area contributed by atoms with Crippen molar-refractivity contribution < 1.29 is 18.9 Å². The van der Waals surface area contributed by atoms with Crippen LogP contribution < -0.4 is 9.47 Å². The molecule has 6 heteroatoms. The number of halogens is 2. The quantitative estimate of drug-likeness (QED) is 0.378. The van der Waals surface area contributed by atoms with Gasteiger partial charge < -0.3 is 18.9 Å². The van der Waals surface area contributed by atoms with Crippen molar-refractivity contribution in [1.82, 2.24) is 0 Å². The van der Waals surface area contributed by atoms with Crippen LogP contribution in [0, 0.1) is 0 Å². The fraction of sp³-hybridized carbons (Fsp3) is 0.250. The van der Waals surface area contributed by atoms with Crippen LogP contribution in [0.3, 0.4) is 0 Å². The zero-order chi connectivity index (χ0) is 21.0. The largest absolute Gasteiger partial charge is 0.497 e. The molecule has 4 nitrogen and oxygen atoms in total. The highest BCUT2D eigenvalue weighted by Crippen LogP contribution is 2.40. The molecule has 1 fully saturated rings. The van der Waals surface area contributed by atoms with E-state index in [-0.39, 0.29) is 6.10 Å². The molecule has 2 unspecified atom stereocenters. The molecule has 4 rings (SSSR count). The van der Waals surface area contributed by atoms with Gasteiger partial charge in [0.25, 0.3) is 0 Å². The van der Waals surface area contributed by atoms with E-state index < -0.39 is 5.79 Å². The van der Waals surface area contributed by atoms with Crippen LogP contribution in [0.4, 0.5) is 0 Å². The smallest absolute Gasteiger partial charge is 0.206 e. The van der Waals surface area contributed by atoms with Gasteiger partial charge in [0.05, 0.1) is 24.1 Å². The third kappa shape index (κ3) is 4.49. The van der Waals surface area contributed by atoms with Crippen molar-refractivity contribution in [3.63, 3.8) is 0 Å². The number of ether oxygens (including phenoxy) is 4. The highest BCUT2D eigenvalue weighted by atomic mass is 79.9. The van der Waals surface area contributed by atoms with Gasteiger partial charge in [0, 0.05) is 5.56 Å². The van der Waals surface area contributed by atoms with Crippen LogP contribution in [0.1, 0.15) is 5.56 Å². The summed E-state index contributed by atoms with van der Waals surface area (Å²) in [5.74, 6) is 0.525. The Morgan fingerprint density at radius 2 is 1.70 bits per heavy atom. The van der Waals surface area contributed by atoms with Crippen LogP contribution in [0.2, 0.25) is 5.02 Å². The molecule has 0 N–H and O–H groups in total. The lowest BCUT2D eigenvalue weighted by molar-refractivity contribution is -0.159. The molecule has 3 aromatic rings. The number of hydrogen-bond acceptors (Lipinski definition) is 4. The van der Waals surface area contributed by atoms with Gasteiger partial charge in [-0.1, -0.05) is 70.0 Å². The molecule has 0 radical (unpaired) electrons. The molecule has 2 atom stereocenters. The number of methoxy groups -OCH3 is 1. The second-order valence-electron chi connectivity index (χ2n) is 6.98. The molecule has 30 heavy (non-hydrogen) atoms. The Kier molecular flexibility index (Phi) is 6.64. The van der Waals surface area contributed by atoms with Crippen molar-refractivity contribution in [1.29, 1.82) is 0 Å². The van der Waals surface area contributed by atoms with Crippen LogP contribution in [-0.2, 0) is 15.3 Å². The van der Waals surface area contributed by atoms with Gasteiger partial charge in [0.15, 0.2) is 0 Å². The second kappa shape index (κ2) is 9.40. The first-order valence-corrected chi connectivity index (χ1v) is 11.1. The van der Waals surface area contributed by atoms with E-state index in [9.17, 15) is 0 Å². The predicted octanol–water partition coefficient (Wildman–Crippen LogP) is 6.06. The fourth-order valence-electron chi connectivity index (χ4n) is 3.43. The number of rotatable bonds is 7. The minimum Gasteiger partial charge on any atom is -0.497 e. The highest BCUT2D eigenvalue weighted by Gasteiger charge is 2.44. The standard InChI is InChI=1S/C24H22BrClO4/c1-27-20-11-12-22(23(26)13-20)24(16-25)29-15-21(30-24)14-28-19-9-7-18(8-10-19)17-5-3-2-4-6-17/h2-13,21H,14-16H2,1H3. The first kappa shape index (κ1) is 21.2. The first-order chi connectivity index (χ1) is 14.6. The molecule has 1 heterocycles. The summed E-state index contributed by atoms with van der Waals surface area (Å²) in [6.45, 7) is 0.795.